The van der Waals surface area contributed by atoms with Gasteiger partial charge in [0.1, 0.15) is 25.4 Å². The topological polar surface area (TPSA) is 105 Å². The first kappa shape index (κ1) is 21.5. The highest BCUT2D eigenvalue weighted by Gasteiger charge is 2.42. The smallest absolute Gasteiger partial charge is 0.331 e. The number of carbonyl (C=O) groups excluding carboxylic acids is 3. The number of aliphatic hydroxyl groups excluding tert-OH is 1. The van der Waals surface area contributed by atoms with Gasteiger partial charge in [0.05, 0.1) is 6.42 Å². The van der Waals surface area contributed by atoms with Crippen molar-refractivity contribution < 1.29 is 29.1 Å². The minimum Gasteiger partial charge on any atom is -0.459 e. The Hall–Kier alpha value is -3.23. The number of aliphatic hydroxyl groups is 1. The Morgan fingerprint density at radius 1 is 1.13 bits per heavy atom. The minimum absolute atomic E-state index is 0.0614. The summed E-state index contributed by atoms with van der Waals surface area (Å²) in [5, 5.41) is 13.5. The average Bonchev–Trinajstić information content (AvgIpc) is 2.76. The van der Waals surface area contributed by atoms with Gasteiger partial charge in [0.2, 0.25) is 5.91 Å². The third-order valence-electron chi connectivity index (χ3n) is 4.69. The highest BCUT2D eigenvalue weighted by atomic mass is 16.7. The van der Waals surface area contributed by atoms with Gasteiger partial charge in [-0.15, -0.1) is 0 Å². The molecule has 0 bridgehead atoms. The highest BCUT2D eigenvalue weighted by molar-refractivity contribution is 5.91. The first-order valence-corrected chi connectivity index (χ1v) is 9.63. The molecule has 1 aliphatic rings. The van der Waals surface area contributed by atoms with E-state index in [0.717, 1.165) is 16.2 Å². The van der Waals surface area contributed by atoms with Crippen LogP contribution in [0.5, 0.6) is 0 Å². The van der Waals surface area contributed by atoms with Crippen LogP contribution in [0.4, 0.5) is 0 Å². The number of rotatable bonds is 7. The zero-order chi connectivity index (χ0) is 21.5. The lowest BCUT2D eigenvalue weighted by Gasteiger charge is -2.37. The van der Waals surface area contributed by atoms with Gasteiger partial charge in [0, 0.05) is 0 Å². The molecular formula is C22H24N2O6. The van der Waals surface area contributed by atoms with Gasteiger partial charge >= 0.3 is 5.97 Å². The lowest BCUT2D eigenvalue weighted by atomic mass is 10.1. The van der Waals surface area contributed by atoms with Crippen LogP contribution in [-0.4, -0.2) is 52.7 Å². The molecule has 0 aliphatic carbocycles. The van der Waals surface area contributed by atoms with Gasteiger partial charge in [-0.3, -0.25) is 14.4 Å². The number of nitrogens with one attached hydrogen (secondary N) is 1. The number of hydroxylamine groups is 2. The van der Waals surface area contributed by atoms with Crippen LogP contribution >= 0.6 is 0 Å². The van der Waals surface area contributed by atoms with Crippen LogP contribution in [0.1, 0.15) is 18.1 Å². The molecule has 1 saturated heterocycles. The molecule has 1 aliphatic heterocycles. The summed E-state index contributed by atoms with van der Waals surface area (Å²) in [6, 6.07) is 15.9. The van der Waals surface area contributed by atoms with E-state index in [9.17, 15) is 19.5 Å². The molecule has 2 amide bonds. The summed E-state index contributed by atoms with van der Waals surface area (Å²) in [5.74, 6) is -1.78. The van der Waals surface area contributed by atoms with Crippen molar-refractivity contribution >= 4 is 17.8 Å². The molecule has 158 valence electrons. The first-order valence-electron chi connectivity index (χ1n) is 9.63. The van der Waals surface area contributed by atoms with Gasteiger partial charge in [-0.05, 0) is 18.1 Å². The van der Waals surface area contributed by atoms with Gasteiger partial charge < -0.3 is 15.2 Å². The number of nitrogens with zero attached hydrogens (tertiary/aromatic N) is 1. The third kappa shape index (κ3) is 5.43. The van der Waals surface area contributed by atoms with Crippen molar-refractivity contribution in [2.24, 2.45) is 0 Å². The lowest BCUT2D eigenvalue weighted by Crippen LogP contribution is -2.62. The highest BCUT2D eigenvalue weighted by Crippen LogP contribution is 2.16. The maximum atomic E-state index is 12.8. The third-order valence-corrected chi connectivity index (χ3v) is 4.69. The first-order chi connectivity index (χ1) is 14.5. The Kier molecular flexibility index (Phi) is 7.16. The Morgan fingerprint density at radius 2 is 1.73 bits per heavy atom. The Bertz CT molecular complexity index is 874. The van der Waals surface area contributed by atoms with Crippen molar-refractivity contribution in [1.29, 1.82) is 0 Å². The molecule has 30 heavy (non-hydrogen) atoms. The predicted molar refractivity (Wildman–Crippen MR) is 107 cm³/mol. The number of hydrogen-bond acceptors (Lipinski definition) is 6. The van der Waals surface area contributed by atoms with Crippen molar-refractivity contribution in [1.82, 2.24) is 10.4 Å². The fourth-order valence-electron chi connectivity index (χ4n) is 3.03. The standard InChI is InChI=1S/C22H24N2O6/c1-15(22(28)29-13-17-10-6-3-7-11-17)24-21(27)20(18(25)14-30-24)23-19(26)12-16-8-4-2-5-9-16/h2-11,15,18,20,25H,12-14H2,1H3,(H,23,26)/t15-,18+,20-/m1/s1. The molecule has 0 radical (unpaired) electrons. The maximum Gasteiger partial charge on any atom is 0.331 e. The van der Waals surface area contributed by atoms with Gasteiger partial charge in [-0.2, -0.15) is 0 Å². The quantitative estimate of drug-likeness (QED) is 0.657. The molecule has 0 spiro atoms. The van der Waals surface area contributed by atoms with Crippen LogP contribution in [0.15, 0.2) is 60.7 Å². The molecule has 8 nitrogen and oxygen atoms in total. The molecule has 0 unspecified atom stereocenters. The Balaban J connectivity index is 1.58. The van der Waals surface area contributed by atoms with Crippen LogP contribution in [-0.2, 0) is 37.0 Å². The van der Waals surface area contributed by atoms with Crippen molar-refractivity contribution in [2.75, 3.05) is 6.61 Å². The Labute approximate surface area is 174 Å². The van der Waals surface area contributed by atoms with Gasteiger partial charge in [0.15, 0.2) is 6.04 Å². The minimum atomic E-state index is -1.22. The monoisotopic (exact) mass is 412 g/mol. The largest absolute Gasteiger partial charge is 0.459 e. The van der Waals surface area contributed by atoms with Crippen molar-refractivity contribution in [3.8, 4) is 0 Å². The number of hydrogen-bond donors (Lipinski definition) is 2. The van der Waals surface area contributed by atoms with Gasteiger partial charge in [-0.25, -0.2) is 9.86 Å². The number of ether oxygens (including phenoxy) is 1. The van der Waals surface area contributed by atoms with Crippen LogP contribution < -0.4 is 5.32 Å². The molecule has 0 saturated carbocycles. The van der Waals surface area contributed by atoms with E-state index < -0.39 is 36.0 Å². The summed E-state index contributed by atoms with van der Waals surface area (Å²) in [7, 11) is 0. The average molecular weight is 412 g/mol. The van der Waals surface area contributed by atoms with Crippen molar-refractivity contribution in [3.63, 3.8) is 0 Å². The van der Waals surface area contributed by atoms with E-state index in [1.807, 2.05) is 48.5 Å². The van der Waals surface area contributed by atoms with Crippen LogP contribution in [0.3, 0.4) is 0 Å². The fourth-order valence-corrected chi connectivity index (χ4v) is 3.03. The molecule has 2 aromatic carbocycles. The summed E-state index contributed by atoms with van der Waals surface area (Å²) < 4.78 is 5.25. The fraction of sp³-hybridized carbons (Fsp3) is 0.318. The molecule has 1 heterocycles. The molecule has 1 fully saturated rings. The molecule has 2 N–H and O–H groups in total. The summed E-state index contributed by atoms with van der Waals surface area (Å²) in [4.78, 5) is 42.7. The normalized spacial score (nSPS) is 19.8. The zero-order valence-electron chi connectivity index (χ0n) is 16.6. The van der Waals surface area contributed by atoms with Gasteiger partial charge in [-0.1, -0.05) is 60.7 Å². The van der Waals surface area contributed by atoms with E-state index in [2.05, 4.69) is 5.32 Å². The second kappa shape index (κ2) is 10.00. The number of amides is 2. The molecule has 3 atom stereocenters. The number of benzene rings is 2. The Morgan fingerprint density at radius 3 is 2.37 bits per heavy atom. The van der Waals surface area contributed by atoms with Crippen molar-refractivity contribution in [2.45, 2.75) is 38.1 Å². The second-order valence-corrected chi connectivity index (χ2v) is 7.00. The molecule has 0 aromatic heterocycles. The van der Waals surface area contributed by atoms with E-state index in [1.165, 1.54) is 6.92 Å². The summed E-state index contributed by atoms with van der Waals surface area (Å²) in [6.45, 7) is 1.29. The van der Waals surface area contributed by atoms with E-state index in [4.69, 9.17) is 9.57 Å². The van der Waals surface area contributed by atoms with Gasteiger partial charge in [0.25, 0.3) is 5.91 Å². The van der Waals surface area contributed by atoms with Crippen LogP contribution in [0.2, 0.25) is 0 Å². The molecule has 8 heteroatoms. The van der Waals surface area contributed by atoms with E-state index in [0.29, 0.717) is 0 Å². The number of esters is 1. The zero-order valence-corrected chi connectivity index (χ0v) is 16.6. The van der Waals surface area contributed by atoms with Crippen LogP contribution in [0.25, 0.3) is 0 Å². The number of carbonyl (C=O) groups is 3. The summed E-state index contributed by atoms with van der Waals surface area (Å²) in [5.41, 5.74) is 1.59. The van der Waals surface area contributed by atoms with Crippen molar-refractivity contribution in [3.05, 3.63) is 71.8 Å². The van der Waals surface area contributed by atoms with Crippen LogP contribution in [0, 0.1) is 0 Å². The lowest BCUT2D eigenvalue weighted by molar-refractivity contribution is -0.235. The summed E-state index contributed by atoms with van der Waals surface area (Å²) >= 11 is 0. The SMILES string of the molecule is C[C@H](C(=O)OCc1ccccc1)N1OC[C@H](O)[C@@H](NC(=O)Cc2ccccc2)C1=O. The van der Waals surface area contributed by atoms with E-state index >= 15 is 0 Å². The second-order valence-electron chi connectivity index (χ2n) is 7.00. The summed E-state index contributed by atoms with van der Waals surface area (Å²) in [6.07, 6.45) is -1.16. The maximum absolute atomic E-state index is 12.8. The molecular weight excluding hydrogens is 388 g/mol. The molecule has 3 rings (SSSR count). The molecule has 2 aromatic rings. The predicted octanol–water partition coefficient (Wildman–Crippen LogP) is 0.980. The van der Waals surface area contributed by atoms with E-state index in [-0.39, 0.29) is 19.6 Å². The van der Waals surface area contributed by atoms with E-state index in [1.54, 1.807) is 12.1 Å².